The minimum absolute atomic E-state index is 0. The fourth-order valence-electron chi connectivity index (χ4n) is 2.58. The van der Waals surface area contributed by atoms with Gasteiger partial charge in [-0.2, -0.15) is 8.78 Å². The molecule has 1 aliphatic rings. The molecular weight excluding hydrogens is 473 g/mol. The lowest BCUT2D eigenvalue weighted by molar-refractivity contribution is -0.0512. The predicted octanol–water partition coefficient (Wildman–Crippen LogP) is 2.04. The summed E-state index contributed by atoms with van der Waals surface area (Å²) in [4.78, 5) is 6.57. The van der Waals surface area contributed by atoms with Crippen molar-refractivity contribution in [2.75, 3.05) is 46.5 Å². The molecular formula is C17H27F2IN4O3. The van der Waals surface area contributed by atoms with E-state index in [0.29, 0.717) is 11.5 Å². The first-order valence-corrected chi connectivity index (χ1v) is 8.54. The van der Waals surface area contributed by atoms with Crippen molar-refractivity contribution in [2.45, 2.75) is 19.6 Å². The Bertz CT molecular complexity index is 587. The number of rotatable bonds is 9. The number of ether oxygens (including phenoxy) is 3. The molecule has 0 amide bonds. The van der Waals surface area contributed by atoms with Crippen LogP contribution in [-0.2, 0) is 11.3 Å². The molecule has 7 nitrogen and oxygen atoms in total. The zero-order chi connectivity index (χ0) is 18.8. The Kier molecular flexibility index (Phi) is 11.3. The van der Waals surface area contributed by atoms with Crippen LogP contribution in [0.2, 0.25) is 0 Å². The Morgan fingerprint density at radius 2 is 2.07 bits per heavy atom. The highest BCUT2D eigenvalue weighted by Gasteiger charge is 2.11. The van der Waals surface area contributed by atoms with Crippen molar-refractivity contribution in [3.05, 3.63) is 23.8 Å². The lowest BCUT2D eigenvalue weighted by Crippen LogP contribution is -2.39. The highest BCUT2D eigenvalue weighted by atomic mass is 127. The van der Waals surface area contributed by atoms with E-state index >= 15 is 0 Å². The van der Waals surface area contributed by atoms with E-state index in [1.165, 1.54) is 13.2 Å². The first-order chi connectivity index (χ1) is 12.6. The van der Waals surface area contributed by atoms with Crippen molar-refractivity contribution in [3.63, 3.8) is 0 Å². The average molecular weight is 500 g/mol. The first kappa shape index (κ1) is 23.6. The highest BCUT2D eigenvalue weighted by Crippen LogP contribution is 2.29. The number of guanidine groups is 1. The van der Waals surface area contributed by atoms with E-state index in [0.717, 1.165) is 45.8 Å². The van der Waals surface area contributed by atoms with Crippen molar-refractivity contribution in [3.8, 4) is 11.5 Å². The predicted molar refractivity (Wildman–Crippen MR) is 110 cm³/mol. The monoisotopic (exact) mass is 500 g/mol. The Labute approximate surface area is 175 Å². The number of nitrogens with one attached hydrogen (secondary N) is 1. The van der Waals surface area contributed by atoms with Crippen molar-refractivity contribution in [1.29, 1.82) is 0 Å². The van der Waals surface area contributed by atoms with Crippen molar-refractivity contribution < 1.29 is 23.0 Å². The number of aliphatic imine (C=N–C) groups is 1. The molecule has 1 aromatic rings. The minimum Gasteiger partial charge on any atom is -0.493 e. The van der Waals surface area contributed by atoms with Gasteiger partial charge in [0, 0.05) is 19.6 Å². The Hall–Kier alpha value is -1.40. The zero-order valence-corrected chi connectivity index (χ0v) is 17.7. The van der Waals surface area contributed by atoms with E-state index in [-0.39, 0.29) is 42.0 Å². The molecule has 0 aromatic heterocycles. The third-order valence-corrected chi connectivity index (χ3v) is 3.94. The molecule has 0 atom stereocenters. The van der Waals surface area contributed by atoms with E-state index in [9.17, 15) is 8.78 Å². The smallest absolute Gasteiger partial charge is 0.387 e. The molecule has 10 heteroatoms. The molecule has 1 aliphatic heterocycles. The zero-order valence-electron chi connectivity index (χ0n) is 15.3. The van der Waals surface area contributed by atoms with Crippen LogP contribution in [-0.4, -0.2) is 64.0 Å². The van der Waals surface area contributed by atoms with E-state index < -0.39 is 6.61 Å². The number of hydrogen-bond donors (Lipinski definition) is 2. The summed E-state index contributed by atoms with van der Waals surface area (Å²) in [6.07, 6.45) is 0.950. The van der Waals surface area contributed by atoms with Gasteiger partial charge in [0.25, 0.3) is 0 Å². The maximum Gasteiger partial charge on any atom is 0.387 e. The number of morpholine rings is 1. The van der Waals surface area contributed by atoms with Gasteiger partial charge in [-0.25, -0.2) is 4.99 Å². The van der Waals surface area contributed by atoms with Crippen LogP contribution in [0.5, 0.6) is 11.5 Å². The number of benzene rings is 1. The second kappa shape index (κ2) is 12.9. The molecule has 0 saturated carbocycles. The number of hydrogen-bond acceptors (Lipinski definition) is 5. The number of halogens is 3. The molecule has 3 N–H and O–H groups in total. The normalized spacial score (nSPS) is 15.3. The van der Waals surface area contributed by atoms with Crippen LogP contribution < -0.4 is 20.5 Å². The second-order valence-electron chi connectivity index (χ2n) is 5.80. The molecule has 1 saturated heterocycles. The standard InChI is InChI=1S/C17H26F2N4O3.HI/c1-24-14-4-3-13(11-15(14)26-16(18)19)12-22-17(20)21-5-2-6-23-7-9-25-10-8-23;/h3-4,11,16H,2,5-10,12H2,1H3,(H3,20,21,22);1H. The van der Waals surface area contributed by atoms with Crippen molar-refractivity contribution in [1.82, 2.24) is 10.2 Å². The van der Waals surface area contributed by atoms with Gasteiger partial charge >= 0.3 is 6.61 Å². The summed E-state index contributed by atoms with van der Waals surface area (Å²) in [5.74, 6) is 0.540. The molecule has 27 heavy (non-hydrogen) atoms. The molecule has 0 bridgehead atoms. The molecule has 1 aromatic carbocycles. The average Bonchev–Trinajstić information content (AvgIpc) is 2.64. The second-order valence-corrected chi connectivity index (χ2v) is 5.80. The first-order valence-electron chi connectivity index (χ1n) is 8.54. The van der Waals surface area contributed by atoms with Gasteiger partial charge < -0.3 is 25.3 Å². The van der Waals surface area contributed by atoms with E-state index in [1.54, 1.807) is 12.1 Å². The topological polar surface area (TPSA) is 81.3 Å². The minimum atomic E-state index is -2.92. The van der Waals surface area contributed by atoms with Crippen LogP contribution in [0.1, 0.15) is 12.0 Å². The molecule has 0 spiro atoms. The van der Waals surface area contributed by atoms with E-state index in [4.69, 9.17) is 15.2 Å². The lowest BCUT2D eigenvalue weighted by atomic mass is 10.2. The Morgan fingerprint density at radius 3 is 2.74 bits per heavy atom. The maximum absolute atomic E-state index is 12.4. The fraction of sp³-hybridized carbons (Fsp3) is 0.588. The summed E-state index contributed by atoms with van der Waals surface area (Å²) in [5, 5.41) is 3.06. The van der Waals surface area contributed by atoms with Gasteiger partial charge in [0.15, 0.2) is 17.5 Å². The largest absolute Gasteiger partial charge is 0.493 e. The van der Waals surface area contributed by atoms with Gasteiger partial charge in [-0.05, 0) is 30.7 Å². The fourth-order valence-corrected chi connectivity index (χ4v) is 2.58. The molecule has 1 fully saturated rings. The van der Waals surface area contributed by atoms with Crippen molar-refractivity contribution >= 4 is 29.9 Å². The summed E-state index contributed by atoms with van der Waals surface area (Å²) in [6.45, 7) is 2.54. The van der Waals surface area contributed by atoms with Gasteiger partial charge in [-0.1, -0.05) is 6.07 Å². The van der Waals surface area contributed by atoms with Gasteiger partial charge in [0.1, 0.15) is 0 Å². The summed E-state index contributed by atoms with van der Waals surface area (Å²) in [6, 6.07) is 4.76. The van der Waals surface area contributed by atoms with Crippen LogP contribution in [0.25, 0.3) is 0 Å². The quantitative estimate of drug-likeness (QED) is 0.234. The van der Waals surface area contributed by atoms with Crippen molar-refractivity contribution in [2.24, 2.45) is 10.7 Å². The molecule has 0 radical (unpaired) electrons. The lowest BCUT2D eigenvalue weighted by Gasteiger charge is -2.26. The Balaban J connectivity index is 0.00000364. The number of alkyl halides is 2. The molecule has 0 aliphatic carbocycles. The number of methoxy groups -OCH3 is 1. The summed E-state index contributed by atoms with van der Waals surface area (Å²) >= 11 is 0. The van der Waals surface area contributed by atoms with E-state index in [2.05, 4.69) is 19.9 Å². The molecule has 154 valence electrons. The van der Waals surface area contributed by atoms with Crippen LogP contribution in [0.3, 0.4) is 0 Å². The number of nitrogens with zero attached hydrogens (tertiary/aromatic N) is 2. The van der Waals surface area contributed by atoms with E-state index in [1.807, 2.05) is 0 Å². The summed E-state index contributed by atoms with van der Waals surface area (Å²) in [5.41, 5.74) is 6.54. The van der Waals surface area contributed by atoms with Gasteiger partial charge in [0.2, 0.25) is 0 Å². The van der Waals surface area contributed by atoms with Gasteiger partial charge in [0.05, 0.1) is 26.9 Å². The highest BCUT2D eigenvalue weighted by molar-refractivity contribution is 14.0. The molecule has 2 rings (SSSR count). The van der Waals surface area contributed by atoms with Gasteiger partial charge in [-0.3, -0.25) is 4.90 Å². The molecule has 0 unspecified atom stereocenters. The van der Waals surface area contributed by atoms with Crippen LogP contribution in [0, 0.1) is 0 Å². The summed E-state index contributed by atoms with van der Waals surface area (Å²) in [7, 11) is 1.39. The van der Waals surface area contributed by atoms with Gasteiger partial charge in [-0.15, -0.1) is 24.0 Å². The maximum atomic E-state index is 12.4. The molecule has 1 heterocycles. The number of nitrogens with two attached hydrogens (primary N) is 1. The Morgan fingerprint density at radius 1 is 1.33 bits per heavy atom. The summed E-state index contributed by atoms with van der Waals surface area (Å²) < 4.78 is 39.6. The van der Waals surface area contributed by atoms with Crippen LogP contribution in [0.15, 0.2) is 23.2 Å². The SMILES string of the molecule is COc1ccc(CN=C(N)NCCCN2CCOCC2)cc1OC(F)F.I. The van der Waals surface area contributed by atoms with Crippen LogP contribution in [0.4, 0.5) is 8.78 Å². The van der Waals surface area contributed by atoms with Crippen LogP contribution >= 0.6 is 24.0 Å². The third-order valence-electron chi connectivity index (χ3n) is 3.94. The third kappa shape index (κ3) is 8.89.